The third-order valence-corrected chi connectivity index (χ3v) is 4.06. The summed E-state index contributed by atoms with van der Waals surface area (Å²) in [5, 5.41) is 3.59. The van der Waals surface area contributed by atoms with E-state index in [-0.39, 0.29) is 0 Å². The first-order valence-electron chi connectivity index (χ1n) is 6.03. The van der Waals surface area contributed by atoms with Crippen LogP contribution in [0.4, 0.5) is 0 Å². The molecule has 88 valence electrons. The van der Waals surface area contributed by atoms with Gasteiger partial charge in [0.2, 0.25) is 0 Å². The van der Waals surface area contributed by atoms with Gasteiger partial charge in [0.25, 0.3) is 0 Å². The fourth-order valence-electron chi connectivity index (χ4n) is 2.42. The zero-order chi connectivity index (χ0) is 11.0. The minimum absolute atomic E-state index is 0.656. The Morgan fingerprint density at radius 1 is 1.38 bits per heavy atom. The lowest BCUT2D eigenvalue weighted by Gasteiger charge is -2.15. The van der Waals surface area contributed by atoms with Gasteiger partial charge in [0.15, 0.2) is 3.77 Å². The first kappa shape index (κ1) is 11.0. The lowest BCUT2D eigenvalue weighted by atomic mass is 10.2. The maximum atomic E-state index is 5.54. The van der Waals surface area contributed by atoms with E-state index < -0.39 is 0 Å². The summed E-state index contributed by atoms with van der Waals surface area (Å²) in [6, 6.07) is 5.64. The minimum Gasteiger partial charge on any atom is -0.454 e. The smallest absolute Gasteiger partial charge is 0.164 e. The second kappa shape index (κ2) is 4.66. The predicted octanol–water partition coefficient (Wildman–Crippen LogP) is 2.21. The quantitative estimate of drug-likeness (QED) is 0.857. The van der Waals surface area contributed by atoms with Crippen LogP contribution < -0.4 is 5.32 Å². The summed E-state index contributed by atoms with van der Waals surface area (Å²) in [7, 11) is 0. The molecule has 16 heavy (non-hydrogen) atoms. The van der Waals surface area contributed by atoms with Crippen LogP contribution in [0.15, 0.2) is 16.5 Å². The number of hydrogen-bond donors (Lipinski definition) is 1. The van der Waals surface area contributed by atoms with E-state index in [0.29, 0.717) is 6.04 Å². The zero-order valence-corrected chi connectivity index (χ0v) is 11.4. The Bertz CT molecular complexity index is 362. The molecule has 2 aliphatic rings. The van der Waals surface area contributed by atoms with Crippen molar-refractivity contribution < 1.29 is 4.42 Å². The van der Waals surface area contributed by atoms with E-state index in [1.165, 1.54) is 32.4 Å². The van der Waals surface area contributed by atoms with E-state index in [4.69, 9.17) is 4.42 Å². The van der Waals surface area contributed by atoms with Gasteiger partial charge in [-0.1, -0.05) is 0 Å². The fourth-order valence-corrected chi connectivity index (χ4v) is 2.88. The highest BCUT2D eigenvalue weighted by Gasteiger charge is 2.34. The summed E-state index contributed by atoms with van der Waals surface area (Å²) in [4.78, 5) is 2.63. The van der Waals surface area contributed by atoms with Crippen LogP contribution in [0.1, 0.15) is 25.0 Å². The Hall–Kier alpha value is -0.0700. The zero-order valence-electron chi connectivity index (χ0n) is 9.29. The van der Waals surface area contributed by atoms with Crippen LogP contribution in [0.5, 0.6) is 0 Å². The van der Waals surface area contributed by atoms with Gasteiger partial charge in [-0.15, -0.1) is 0 Å². The van der Waals surface area contributed by atoms with E-state index >= 15 is 0 Å². The van der Waals surface area contributed by atoms with E-state index in [1.54, 1.807) is 0 Å². The maximum Gasteiger partial charge on any atom is 0.164 e. The minimum atomic E-state index is 0.656. The van der Waals surface area contributed by atoms with Crippen molar-refractivity contribution in [1.29, 1.82) is 0 Å². The molecule has 0 aromatic carbocycles. The molecule has 3 nitrogen and oxygen atoms in total. The largest absolute Gasteiger partial charge is 0.454 e. The van der Waals surface area contributed by atoms with Crippen LogP contribution >= 0.6 is 22.6 Å². The van der Waals surface area contributed by atoms with Gasteiger partial charge in [-0.05, 0) is 54.0 Å². The predicted molar refractivity (Wildman–Crippen MR) is 71.3 cm³/mol. The molecule has 1 aliphatic heterocycles. The first-order valence-corrected chi connectivity index (χ1v) is 7.11. The van der Waals surface area contributed by atoms with Gasteiger partial charge in [0, 0.05) is 25.2 Å². The molecule has 1 aromatic rings. The summed E-state index contributed by atoms with van der Waals surface area (Å²) < 4.78 is 6.51. The van der Waals surface area contributed by atoms with Crippen LogP contribution in [0.2, 0.25) is 0 Å². The van der Waals surface area contributed by atoms with Crippen molar-refractivity contribution in [2.24, 2.45) is 0 Å². The summed E-state index contributed by atoms with van der Waals surface area (Å²) >= 11 is 2.21. The monoisotopic (exact) mass is 332 g/mol. The van der Waals surface area contributed by atoms with Gasteiger partial charge >= 0.3 is 0 Å². The summed E-state index contributed by atoms with van der Waals surface area (Å²) in [5.74, 6) is 1.05. The van der Waals surface area contributed by atoms with Crippen molar-refractivity contribution >= 4 is 22.6 Å². The maximum absolute atomic E-state index is 5.54. The van der Waals surface area contributed by atoms with Gasteiger partial charge in [0.05, 0.1) is 6.54 Å². The second-order valence-electron chi connectivity index (χ2n) is 4.80. The van der Waals surface area contributed by atoms with Crippen molar-refractivity contribution in [3.63, 3.8) is 0 Å². The molecule has 0 amide bonds. The third-order valence-electron chi connectivity index (χ3n) is 3.48. The highest BCUT2D eigenvalue weighted by molar-refractivity contribution is 14.1. The number of likely N-dealkylation sites (tertiary alicyclic amines) is 1. The molecule has 2 heterocycles. The molecule has 1 aliphatic carbocycles. The van der Waals surface area contributed by atoms with E-state index in [0.717, 1.165) is 22.1 Å². The Morgan fingerprint density at radius 3 is 2.94 bits per heavy atom. The Morgan fingerprint density at radius 2 is 2.25 bits per heavy atom. The van der Waals surface area contributed by atoms with Crippen molar-refractivity contribution in [1.82, 2.24) is 10.2 Å². The third kappa shape index (κ3) is 2.60. The number of halogens is 1. The van der Waals surface area contributed by atoms with Gasteiger partial charge in [0.1, 0.15) is 5.76 Å². The second-order valence-corrected chi connectivity index (χ2v) is 5.86. The van der Waals surface area contributed by atoms with E-state index in [2.05, 4.69) is 38.9 Å². The molecule has 0 spiro atoms. The van der Waals surface area contributed by atoms with Crippen molar-refractivity contribution in [2.75, 3.05) is 13.1 Å². The lowest BCUT2D eigenvalue weighted by molar-refractivity contribution is 0.315. The van der Waals surface area contributed by atoms with E-state index in [9.17, 15) is 0 Å². The van der Waals surface area contributed by atoms with Crippen LogP contribution in [0, 0.1) is 3.77 Å². The number of hydrogen-bond acceptors (Lipinski definition) is 3. The molecule has 1 N–H and O–H groups in total. The van der Waals surface area contributed by atoms with Crippen LogP contribution in [0.25, 0.3) is 0 Å². The van der Waals surface area contributed by atoms with Crippen LogP contribution in [0.3, 0.4) is 0 Å². The molecule has 1 atom stereocenters. The average Bonchev–Trinajstić information content (AvgIpc) is 2.87. The highest BCUT2D eigenvalue weighted by atomic mass is 127. The topological polar surface area (TPSA) is 28.4 Å². The van der Waals surface area contributed by atoms with Crippen molar-refractivity contribution in [3.05, 3.63) is 21.7 Å². The number of nitrogens with one attached hydrogen (secondary N) is 1. The van der Waals surface area contributed by atoms with Crippen molar-refractivity contribution in [3.8, 4) is 0 Å². The number of furan rings is 1. The Labute approximate surface area is 110 Å². The Kier molecular flexibility index (Phi) is 3.22. The normalized spacial score (nSPS) is 26.4. The molecule has 4 heteroatoms. The van der Waals surface area contributed by atoms with Crippen LogP contribution in [-0.2, 0) is 6.54 Å². The summed E-state index contributed by atoms with van der Waals surface area (Å²) in [6.45, 7) is 3.37. The van der Waals surface area contributed by atoms with Crippen LogP contribution in [-0.4, -0.2) is 30.1 Å². The molecule has 0 radical (unpaired) electrons. The summed E-state index contributed by atoms with van der Waals surface area (Å²) in [5.41, 5.74) is 0. The lowest BCUT2D eigenvalue weighted by Crippen LogP contribution is -2.32. The molecule has 0 bridgehead atoms. The molecule has 2 fully saturated rings. The molecule has 3 rings (SSSR count). The number of nitrogens with zero attached hydrogens (tertiary/aromatic N) is 1. The fraction of sp³-hybridized carbons (Fsp3) is 0.667. The van der Waals surface area contributed by atoms with Crippen molar-refractivity contribution in [2.45, 2.75) is 37.9 Å². The molecular formula is C12H17IN2O. The SMILES string of the molecule is Ic1ccc(CNC2CCN(C3CC3)C2)o1. The van der Waals surface area contributed by atoms with Gasteiger partial charge in [-0.25, -0.2) is 0 Å². The van der Waals surface area contributed by atoms with Gasteiger partial charge in [-0.3, -0.25) is 4.90 Å². The van der Waals surface area contributed by atoms with E-state index in [1.807, 2.05) is 6.07 Å². The molecule has 1 aromatic heterocycles. The molecule has 1 unspecified atom stereocenters. The molecule has 1 saturated heterocycles. The standard InChI is InChI=1S/C12H17IN2O/c13-12-4-3-11(16-12)7-14-9-5-6-15(8-9)10-1-2-10/h3-4,9-10,14H,1-2,5-8H2. The van der Waals surface area contributed by atoms with Gasteiger partial charge in [-0.2, -0.15) is 0 Å². The average molecular weight is 332 g/mol. The molecular weight excluding hydrogens is 315 g/mol. The number of rotatable bonds is 4. The first-order chi connectivity index (χ1) is 7.81. The summed E-state index contributed by atoms with van der Waals surface area (Å²) in [6.07, 6.45) is 4.13. The highest BCUT2D eigenvalue weighted by Crippen LogP contribution is 2.29. The molecule has 1 saturated carbocycles. The van der Waals surface area contributed by atoms with Gasteiger partial charge < -0.3 is 9.73 Å². The Balaban J connectivity index is 1.45.